The van der Waals surface area contributed by atoms with Crippen molar-refractivity contribution in [3.05, 3.63) is 71.8 Å². The van der Waals surface area contributed by atoms with Gasteiger partial charge in [-0.2, -0.15) is 0 Å². The van der Waals surface area contributed by atoms with Crippen LogP contribution in [0.5, 0.6) is 0 Å². The van der Waals surface area contributed by atoms with E-state index in [9.17, 15) is 5.11 Å². The maximum absolute atomic E-state index is 10.7. The van der Waals surface area contributed by atoms with Crippen LogP contribution in [-0.2, 0) is 9.47 Å². The second kappa shape index (κ2) is 6.42. The lowest BCUT2D eigenvalue weighted by Gasteiger charge is -2.24. The number of hydrogen-bond donors (Lipinski definition) is 1. The highest BCUT2D eigenvalue weighted by Crippen LogP contribution is 2.40. The van der Waals surface area contributed by atoms with Gasteiger partial charge in [0.1, 0.15) is 12.2 Å². The van der Waals surface area contributed by atoms with Crippen LogP contribution in [0.2, 0.25) is 0 Å². The monoisotopic (exact) mass is 315 g/mol. The number of rotatable bonds is 4. The Labute approximate surface area is 136 Å². The fourth-order valence-electron chi connectivity index (χ4n) is 3.01. The zero-order chi connectivity index (χ0) is 16.4. The molecule has 0 unspecified atom stereocenters. The van der Waals surface area contributed by atoms with Gasteiger partial charge in [-0.1, -0.05) is 60.7 Å². The first-order chi connectivity index (χ1) is 11.0. The first-order valence-electron chi connectivity index (χ1n) is 7.83. The molecular formula is C19H23O4+. The average Bonchev–Trinajstić information content (AvgIpc) is 2.91. The van der Waals surface area contributed by atoms with Crippen molar-refractivity contribution in [1.82, 2.24) is 0 Å². The normalized spacial score (nSPS) is 25.9. The maximum Gasteiger partial charge on any atom is 0.209 e. The Morgan fingerprint density at radius 2 is 1.35 bits per heavy atom. The third kappa shape index (κ3) is 3.46. The molecule has 1 heterocycles. The number of aliphatic hydroxyl groups excluding tert-OH is 1. The van der Waals surface area contributed by atoms with Crippen molar-refractivity contribution < 1.29 is 19.7 Å². The number of ether oxygens (including phenoxy) is 2. The highest BCUT2D eigenvalue weighted by atomic mass is 16.8. The molecule has 1 fully saturated rings. The minimum Gasteiger partial charge on any atom is -0.438 e. The van der Waals surface area contributed by atoms with Gasteiger partial charge in [0, 0.05) is 5.56 Å². The van der Waals surface area contributed by atoms with Gasteiger partial charge < -0.3 is 19.7 Å². The third-order valence-corrected chi connectivity index (χ3v) is 4.10. The van der Waals surface area contributed by atoms with Gasteiger partial charge in [-0.25, -0.2) is 0 Å². The summed E-state index contributed by atoms with van der Waals surface area (Å²) in [6.07, 6.45) is -2.58. The summed E-state index contributed by atoms with van der Waals surface area (Å²) in [5.74, 6) is -0.820. The first kappa shape index (κ1) is 16.1. The van der Waals surface area contributed by atoms with Gasteiger partial charge in [0.2, 0.25) is 6.10 Å². The van der Waals surface area contributed by atoms with Crippen LogP contribution < -0.4 is 0 Å². The van der Waals surface area contributed by atoms with Crippen LogP contribution >= 0.6 is 0 Å². The molecule has 1 saturated heterocycles. The van der Waals surface area contributed by atoms with Crippen molar-refractivity contribution in [3.63, 3.8) is 0 Å². The third-order valence-electron chi connectivity index (χ3n) is 4.10. The van der Waals surface area contributed by atoms with Crippen molar-refractivity contribution in [2.24, 2.45) is 0 Å². The van der Waals surface area contributed by atoms with E-state index in [1.54, 1.807) is 0 Å². The van der Waals surface area contributed by atoms with E-state index >= 15 is 0 Å². The molecule has 23 heavy (non-hydrogen) atoms. The van der Waals surface area contributed by atoms with Crippen molar-refractivity contribution in [2.75, 3.05) is 0 Å². The second-order valence-corrected chi connectivity index (χ2v) is 6.31. The zero-order valence-corrected chi connectivity index (χ0v) is 13.3. The molecule has 3 N–H and O–H groups in total. The van der Waals surface area contributed by atoms with E-state index in [-0.39, 0.29) is 0 Å². The molecule has 2 aromatic rings. The molecule has 0 radical (unpaired) electrons. The fraction of sp³-hybridized carbons (Fsp3) is 0.368. The summed E-state index contributed by atoms with van der Waals surface area (Å²) < 4.78 is 11.9. The molecule has 0 aliphatic carbocycles. The predicted molar refractivity (Wildman–Crippen MR) is 88.0 cm³/mol. The summed E-state index contributed by atoms with van der Waals surface area (Å²) >= 11 is 0. The molecule has 122 valence electrons. The van der Waals surface area contributed by atoms with Crippen LogP contribution in [0.15, 0.2) is 60.7 Å². The molecule has 0 spiro atoms. The first-order valence-corrected chi connectivity index (χ1v) is 7.83. The van der Waals surface area contributed by atoms with E-state index in [0.29, 0.717) is 0 Å². The van der Waals surface area contributed by atoms with Crippen LogP contribution in [0.3, 0.4) is 0 Å². The molecule has 0 saturated carbocycles. The molecule has 4 heteroatoms. The van der Waals surface area contributed by atoms with Crippen LogP contribution in [0, 0.1) is 0 Å². The smallest absolute Gasteiger partial charge is 0.209 e. The summed E-state index contributed by atoms with van der Waals surface area (Å²) in [7, 11) is 0. The standard InChI is InChI=1S/C19H22O4/c1-19(2)22-17(15(20)13-9-5-3-6-10-13)18(23-19)16(21)14-11-7-4-8-12-14/h3-12,15-18,20-21H,1-2H3/p+1/t15-,16-,17+,18+/m1/s1. The summed E-state index contributed by atoms with van der Waals surface area (Å²) in [5, 5.41) is 19.3. The Morgan fingerprint density at radius 1 is 0.870 bits per heavy atom. The van der Waals surface area contributed by atoms with E-state index < -0.39 is 30.2 Å². The number of aliphatic hydroxyl groups is 1. The van der Waals surface area contributed by atoms with E-state index in [0.717, 1.165) is 11.1 Å². The van der Waals surface area contributed by atoms with Gasteiger partial charge >= 0.3 is 0 Å². The lowest BCUT2D eigenvalue weighted by Crippen LogP contribution is -2.34. The van der Waals surface area contributed by atoms with Crippen molar-refractivity contribution >= 4 is 0 Å². The number of benzene rings is 2. The van der Waals surface area contributed by atoms with E-state index in [4.69, 9.17) is 14.6 Å². The van der Waals surface area contributed by atoms with Crippen molar-refractivity contribution in [2.45, 2.75) is 44.1 Å². The highest BCUT2D eigenvalue weighted by molar-refractivity contribution is 5.22. The lowest BCUT2D eigenvalue weighted by molar-refractivity contribution is -0.161. The Hall–Kier alpha value is -1.72. The lowest BCUT2D eigenvalue weighted by atomic mass is 9.94. The van der Waals surface area contributed by atoms with Gasteiger partial charge in [-0.15, -0.1) is 0 Å². The van der Waals surface area contributed by atoms with E-state index in [1.165, 1.54) is 0 Å². The highest BCUT2D eigenvalue weighted by Gasteiger charge is 2.50. The van der Waals surface area contributed by atoms with Crippen molar-refractivity contribution in [1.29, 1.82) is 0 Å². The van der Waals surface area contributed by atoms with E-state index in [1.807, 2.05) is 74.5 Å². The Bertz CT molecular complexity index is 571. The largest absolute Gasteiger partial charge is 0.438 e. The van der Waals surface area contributed by atoms with Crippen LogP contribution in [0.1, 0.15) is 37.2 Å². The predicted octanol–water partition coefficient (Wildman–Crippen LogP) is 2.71. The summed E-state index contributed by atoms with van der Waals surface area (Å²) in [5.41, 5.74) is 1.62. The van der Waals surface area contributed by atoms with Gasteiger partial charge in [0.05, 0.1) is 0 Å². The number of hydrogen-bond acceptors (Lipinski definition) is 3. The molecule has 0 amide bonds. The Kier molecular flexibility index (Phi) is 4.50. The average molecular weight is 315 g/mol. The van der Waals surface area contributed by atoms with Crippen molar-refractivity contribution in [3.8, 4) is 0 Å². The molecule has 2 aromatic carbocycles. The fourth-order valence-corrected chi connectivity index (χ4v) is 3.01. The topological polar surface area (TPSA) is 61.6 Å². The molecule has 4 atom stereocenters. The molecular weight excluding hydrogens is 292 g/mol. The molecule has 4 nitrogen and oxygen atoms in total. The Balaban J connectivity index is 1.88. The summed E-state index contributed by atoms with van der Waals surface area (Å²) in [4.78, 5) is 0. The molecule has 3 rings (SSSR count). The van der Waals surface area contributed by atoms with E-state index in [2.05, 4.69) is 0 Å². The van der Waals surface area contributed by atoms with Gasteiger partial charge in [0.15, 0.2) is 11.9 Å². The minimum absolute atomic E-state index is 0.539. The molecule has 1 aliphatic heterocycles. The van der Waals surface area contributed by atoms with Crippen LogP contribution in [0.25, 0.3) is 0 Å². The van der Waals surface area contributed by atoms with Crippen LogP contribution in [0.4, 0.5) is 0 Å². The maximum atomic E-state index is 10.7. The van der Waals surface area contributed by atoms with Gasteiger partial charge in [-0.3, -0.25) is 0 Å². The second-order valence-electron chi connectivity index (χ2n) is 6.31. The minimum atomic E-state index is -0.834. The quantitative estimate of drug-likeness (QED) is 0.883. The zero-order valence-electron chi connectivity index (χ0n) is 13.3. The summed E-state index contributed by atoms with van der Waals surface area (Å²) in [6, 6.07) is 18.9. The van der Waals surface area contributed by atoms with Gasteiger partial charge in [-0.05, 0) is 19.4 Å². The Morgan fingerprint density at radius 3 is 1.91 bits per heavy atom. The molecule has 1 aliphatic rings. The SMILES string of the molecule is CC1(C)O[C@@H]([C@H](O)c2ccccc2)[C@H]([C@H]([OH2+])c2ccccc2)O1. The molecule has 0 bridgehead atoms. The molecule has 0 aromatic heterocycles. The van der Waals surface area contributed by atoms with Gasteiger partial charge in [0.25, 0.3) is 0 Å². The van der Waals surface area contributed by atoms with Crippen LogP contribution in [-0.4, -0.2) is 28.2 Å². The summed E-state index contributed by atoms with van der Waals surface area (Å²) in [6.45, 7) is 3.63.